The quantitative estimate of drug-likeness (QED) is 0.246. The van der Waals surface area contributed by atoms with Gasteiger partial charge in [-0.3, -0.25) is 24.1 Å². The van der Waals surface area contributed by atoms with Gasteiger partial charge in [-0.25, -0.2) is 4.39 Å². The number of carbonyl (C=O) groups excluding carboxylic acids is 3. The van der Waals surface area contributed by atoms with Gasteiger partial charge in [0.2, 0.25) is 11.8 Å². The number of halogens is 1. The van der Waals surface area contributed by atoms with E-state index in [9.17, 15) is 23.6 Å². The second-order valence-corrected chi connectivity index (χ2v) is 14.8. The fourth-order valence-corrected chi connectivity index (χ4v) is 11.2. The number of H-pyrrole nitrogens is 1. The van der Waals surface area contributed by atoms with E-state index in [1.165, 1.54) is 47.6 Å². The number of aryl methyl sites for hydroxylation is 1. The van der Waals surface area contributed by atoms with Gasteiger partial charge >= 0.3 is 4.87 Å². The Kier molecular flexibility index (Phi) is 7.25. The number of hydrogen-bond donors (Lipinski definition) is 2. The molecule has 3 aromatic carbocycles. The van der Waals surface area contributed by atoms with E-state index in [4.69, 9.17) is 9.47 Å². The molecule has 1 aromatic heterocycles. The SMILES string of the molecule is COc1cc([C@H]2c3sc(=O)[nH]c3SC3C2[C@H]2C[C@@H]3C3C(=O)N(c4ccc(F)cc4)C(=O)C32)ccc1OCC(=O)Nc1cccc(C)c1. The van der Waals surface area contributed by atoms with Gasteiger partial charge in [0.05, 0.1) is 29.7 Å². The van der Waals surface area contributed by atoms with Crippen molar-refractivity contribution in [2.24, 2.45) is 29.6 Å². The van der Waals surface area contributed by atoms with E-state index in [-0.39, 0.29) is 58.1 Å². The predicted molar refractivity (Wildman–Crippen MR) is 176 cm³/mol. The number of aromatic nitrogens is 1. The molecule has 1 saturated heterocycles. The third kappa shape index (κ3) is 4.88. The van der Waals surface area contributed by atoms with E-state index < -0.39 is 17.7 Å². The van der Waals surface area contributed by atoms with Gasteiger partial charge in [-0.2, -0.15) is 0 Å². The van der Waals surface area contributed by atoms with Crippen molar-refractivity contribution in [3.63, 3.8) is 0 Å². The zero-order valence-corrected chi connectivity index (χ0v) is 27.0. The number of hydrogen-bond acceptors (Lipinski definition) is 8. The average Bonchev–Trinajstić information content (AvgIpc) is 3.79. The number of methoxy groups -OCH3 is 1. The number of amides is 3. The van der Waals surface area contributed by atoms with E-state index in [1.807, 2.05) is 43.3 Å². The number of imide groups is 1. The number of aromatic amines is 1. The number of thiazole rings is 1. The topological polar surface area (TPSA) is 118 Å². The summed E-state index contributed by atoms with van der Waals surface area (Å²) in [6.45, 7) is 1.73. The van der Waals surface area contributed by atoms with Crippen molar-refractivity contribution in [3.05, 3.63) is 98.2 Å². The molecule has 2 N–H and O–H groups in total. The summed E-state index contributed by atoms with van der Waals surface area (Å²) >= 11 is 2.78. The first-order valence-corrected chi connectivity index (χ1v) is 17.1. The van der Waals surface area contributed by atoms with E-state index in [1.54, 1.807) is 17.8 Å². The van der Waals surface area contributed by atoms with Crippen LogP contribution in [0.15, 0.2) is 76.6 Å². The van der Waals surface area contributed by atoms with Gasteiger partial charge in [0.15, 0.2) is 18.1 Å². The fourth-order valence-electron chi connectivity index (χ4n) is 8.29. The Labute approximate surface area is 277 Å². The maximum Gasteiger partial charge on any atom is 0.305 e. The highest BCUT2D eigenvalue weighted by Gasteiger charge is 2.69. The summed E-state index contributed by atoms with van der Waals surface area (Å²) in [5, 5.41) is 3.65. The summed E-state index contributed by atoms with van der Waals surface area (Å²) in [4.78, 5) is 58.0. The molecule has 240 valence electrons. The number of fused-ring (bicyclic) bond motifs is 9. The van der Waals surface area contributed by atoms with Crippen molar-refractivity contribution in [2.45, 2.75) is 29.5 Å². The number of ether oxygens (including phenoxy) is 2. The summed E-state index contributed by atoms with van der Waals surface area (Å²) in [6.07, 6.45) is 0.746. The molecule has 4 aromatic rings. The molecule has 4 unspecified atom stereocenters. The predicted octanol–water partition coefficient (Wildman–Crippen LogP) is 5.59. The number of thioether (sulfide) groups is 1. The lowest BCUT2D eigenvalue weighted by Gasteiger charge is -2.43. The molecule has 12 heteroatoms. The van der Waals surface area contributed by atoms with E-state index in [2.05, 4.69) is 10.3 Å². The number of nitrogens with one attached hydrogen (secondary N) is 2. The average molecular weight is 672 g/mol. The highest BCUT2D eigenvalue weighted by molar-refractivity contribution is 8.00. The molecule has 9 nitrogen and oxygen atoms in total. The van der Waals surface area contributed by atoms with Crippen LogP contribution in [-0.4, -0.2) is 41.7 Å². The van der Waals surface area contributed by atoms with Crippen LogP contribution in [0.4, 0.5) is 15.8 Å². The van der Waals surface area contributed by atoms with Crippen molar-refractivity contribution < 1.29 is 28.2 Å². The number of carbonyl (C=O) groups is 3. The van der Waals surface area contributed by atoms with Crippen LogP contribution in [0.25, 0.3) is 0 Å². The van der Waals surface area contributed by atoms with E-state index >= 15 is 0 Å². The van der Waals surface area contributed by atoms with Crippen LogP contribution >= 0.6 is 23.1 Å². The standard InChI is InChI=1S/C35H30FN3O6S2/c1-16-4-3-5-19(12-16)37-25(40)15-45-23-11-6-17(13-24(23)44-2)26-27-21-14-22(30(27)46-32-31(26)47-35(43)38-32)29-28(21)33(41)39(34(29)42)20-9-7-18(36)8-10-20/h3-13,21-22,26-30H,14-15H2,1-2H3,(H,37,40)(H,38,43)/t21-,22-,26-,27?,28?,29?,30?/m1/s1. The van der Waals surface area contributed by atoms with Gasteiger partial charge < -0.3 is 19.8 Å². The molecule has 2 aliphatic carbocycles. The molecule has 2 saturated carbocycles. The molecule has 3 fully saturated rings. The molecule has 8 rings (SSSR count). The molecule has 47 heavy (non-hydrogen) atoms. The number of rotatable bonds is 7. The molecule has 0 spiro atoms. The summed E-state index contributed by atoms with van der Waals surface area (Å²) in [5.74, 6) is -1.63. The first kappa shape index (κ1) is 29.9. The van der Waals surface area contributed by atoms with Crippen LogP contribution in [0.5, 0.6) is 11.5 Å². The lowest BCUT2D eigenvalue weighted by Crippen LogP contribution is -2.42. The summed E-state index contributed by atoms with van der Waals surface area (Å²) in [5.41, 5.74) is 3.00. The Hall–Kier alpha value is -4.42. The Morgan fingerprint density at radius 1 is 1.00 bits per heavy atom. The monoisotopic (exact) mass is 671 g/mol. The fraction of sp³-hybridized carbons (Fsp3) is 0.314. The van der Waals surface area contributed by atoms with Crippen LogP contribution in [0.1, 0.15) is 28.3 Å². The zero-order valence-electron chi connectivity index (χ0n) is 25.4. The summed E-state index contributed by atoms with van der Waals surface area (Å²) in [6, 6.07) is 18.6. The highest BCUT2D eigenvalue weighted by atomic mass is 32.2. The van der Waals surface area contributed by atoms with Crippen molar-refractivity contribution in [2.75, 3.05) is 23.9 Å². The van der Waals surface area contributed by atoms with Crippen molar-refractivity contribution >= 4 is 52.2 Å². The summed E-state index contributed by atoms with van der Waals surface area (Å²) in [7, 11) is 1.54. The molecule has 0 radical (unpaired) electrons. The van der Waals surface area contributed by atoms with Gasteiger partial charge in [0, 0.05) is 21.7 Å². The molecule has 3 amide bonds. The van der Waals surface area contributed by atoms with Gasteiger partial charge in [0.25, 0.3) is 5.91 Å². The number of benzene rings is 3. The minimum Gasteiger partial charge on any atom is -0.493 e. The van der Waals surface area contributed by atoms with Crippen LogP contribution in [0.2, 0.25) is 0 Å². The van der Waals surface area contributed by atoms with Crippen molar-refractivity contribution in [3.8, 4) is 11.5 Å². The maximum atomic E-state index is 13.9. The van der Waals surface area contributed by atoms with Crippen molar-refractivity contribution in [1.82, 2.24) is 4.98 Å². The smallest absolute Gasteiger partial charge is 0.305 e. The third-order valence-corrected chi connectivity index (χ3v) is 12.6. The first-order chi connectivity index (χ1) is 22.7. The molecule has 2 aliphatic heterocycles. The second kappa shape index (κ2) is 11.4. The third-order valence-electron chi connectivity index (χ3n) is 10.0. The van der Waals surface area contributed by atoms with Crippen molar-refractivity contribution in [1.29, 1.82) is 0 Å². The molecule has 7 atom stereocenters. The normalized spacial score (nSPS) is 27.0. The van der Waals surface area contributed by atoms with E-state index in [0.29, 0.717) is 22.9 Å². The molecule has 3 heterocycles. The zero-order chi connectivity index (χ0) is 32.6. The molecule has 2 bridgehead atoms. The second-order valence-electron chi connectivity index (χ2n) is 12.6. The number of anilines is 2. The highest BCUT2D eigenvalue weighted by Crippen LogP contribution is 2.68. The Bertz CT molecular complexity index is 1990. The van der Waals surface area contributed by atoms with Gasteiger partial charge in [0.1, 0.15) is 5.82 Å². The maximum absolute atomic E-state index is 13.9. The van der Waals surface area contributed by atoms with Gasteiger partial charge in [-0.1, -0.05) is 29.5 Å². The Morgan fingerprint density at radius 3 is 2.51 bits per heavy atom. The first-order valence-electron chi connectivity index (χ1n) is 15.4. The number of nitrogens with zero attached hydrogens (tertiary/aromatic N) is 1. The van der Waals surface area contributed by atoms with E-state index in [0.717, 1.165) is 27.5 Å². The van der Waals surface area contributed by atoms with Gasteiger partial charge in [-0.05, 0) is 90.8 Å². The Morgan fingerprint density at radius 2 is 1.77 bits per heavy atom. The lowest BCUT2D eigenvalue weighted by molar-refractivity contribution is -0.123. The largest absolute Gasteiger partial charge is 0.493 e. The van der Waals surface area contributed by atoms with Crippen LogP contribution in [0.3, 0.4) is 0 Å². The van der Waals surface area contributed by atoms with Crippen LogP contribution in [0, 0.1) is 42.3 Å². The minimum atomic E-state index is -0.476. The lowest BCUT2D eigenvalue weighted by atomic mass is 9.68. The van der Waals surface area contributed by atoms with Crippen LogP contribution < -0.4 is 24.6 Å². The molecular weight excluding hydrogens is 642 g/mol. The summed E-state index contributed by atoms with van der Waals surface area (Å²) < 4.78 is 25.3. The van der Waals surface area contributed by atoms with Gasteiger partial charge in [-0.15, -0.1) is 11.8 Å². The molecular formula is C35H30FN3O6S2. The molecule has 4 aliphatic rings. The minimum absolute atomic E-state index is 0.00769. The Balaban J connectivity index is 1.09. The van der Waals surface area contributed by atoms with Crippen LogP contribution in [-0.2, 0) is 14.4 Å².